The Labute approximate surface area is 170 Å². The Morgan fingerprint density at radius 3 is 2.62 bits per heavy atom. The van der Waals surface area contributed by atoms with Crippen molar-refractivity contribution in [2.24, 2.45) is 0 Å². The topological polar surface area (TPSA) is 118 Å². The molecule has 5 atom stereocenters. The van der Waals surface area contributed by atoms with E-state index in [1.807, 2.05) is 6.92 Å². The molecular weight excluding hydrogens is 378 g/mol. The normalized spacial score (nSPS) is 27.9. The highest BCUT2D eigenvalue weighted by Crippen LogP contribution is 2.35. The number of anilines is 1. The maximum absolute atomic E-state index is 12.1. The van der Waals surface area contributed by atoms with Gasteiger partial charge in [-0.2, -0.15) is 0 Å². The number of hydrogen-bond acceptors (Lipinski definition) is 6. The predicted octanol–water partition coefficient (Wildman–Crippen LogP) is 1.02. The first-order valence-electron chi connectivity index (χ1n) is 9.94. The lowest BCUT2D eigenvalue weighted by Gasteiger charge is -2.20. The lowest BCUT2D eigenvalue weighted by Crippen LogP contribution is -2.42. The van der Waals surface area contributed by atoms with Gasteiger partial charge >= 0.3 is 6.03 Å². The molecule has 3 rings (SSSR count). The van der Waals surface area contributed by atoms with Gasteiger partial charge in [0.15, 0.2) is 0 Å². The number of carbonyl (C=O) groups excluding carboxylic acids is 2. The van der Waals surface area contributed by atoms with Crippen molar-refractivity contribution in [1.29, 1.82) is 0 Å². The summed E-state index contributed by atoms with van der Waals surface area (Å²) in [4.78, 5) is 23.9. The lowest BCUT2D eigenvalue weighted by molar-refractivity contribution is -0.124. The van der Waals surface area contributed by atoms with Crippen molar-refractivity contribution in [1.82, 2.24) is 10.6 Å². The first-order valence-corrected chi connectivity index (χ1v) is 9.94. The van der Waals surface area contributed by atoms with E-state index in [0.29, 0.717) is 24.4 Å². The molecule has 0 spiro atoms. The molecule has 3 amide bonds. The summed E-state index contributed by atoms with van der Waals surface area (Å²) in [5.41, 5.74) is 0.626. The zero-order chi connectivity index (χ0) is 20.8. The van der Waals surface area contributed by atoms with Crippen molar-refractivity contribution < 1.29 is 28.9 Å². The van der Waals surface area contributed by atoms with Crippen molar-refractivity contribution in [2.75, 3.05) is 25.5 Å². The van der Waals surface area contributed by atoms with E-state index < -0.39 is 24.3 Å². The quantitative estimate of drug-likeness (QED) is 0.511. The number of benzene rings is 1. The Balaban J connectivity index is 1.40. The Hall–Kier alpha value is -2.36. The number of nitrogens with one attached hydrogen (secondary N) is 3. The van der Waals surface area contributed by atoms with Gasteiger partial charge in [0.2, 0.25) is 5.91 Å². The number of aliphatic hydroxyl groups is 1. The van der Waals surface area contributed by atoms with Crippen molar-refractivity contribution in [2.45, 2.75) is 56.7 Å². The smallest absolute Gasteiger partial charge is 0.319 e. The fraction of sp³-hybridized carbons (Fsp3) is 0.600. The summed E-state index contributed by atoms with van der Waals surface area (Å²) < 4.78 is 16.8. The van der Waals surface area contributed by atoms with Gasteiger partial charge in [-0.1, -0.05) is 6.92 Å². The molecule has 4 N–H and O–H groups in total. The van der Waals surface area contributed by atoms with Crippen LogP contribution in [0, 0.1) is 0 Å². The van der Waals surface area contributed by atoms with E-state index in [9.17, 15) is 14.7 Å². The second-order valence-electron chi connectivity index (χ2n) is 7.28. The van der Waals surface area contributed by atoms with Gasteiger partial charge in [0.05, 0.1) is 25.7 Å². The summed E-state index contributed by atoms with van der Waals surface area (Å²) in [5, 5.41) is 18.7. The molecule has 0 bridgehead atoms. The van der Waals surface area contributed by atoms with Crippen LogP contribution in [0.3, 0.4) is 0 Å². The SMILES string of the molecule is CCCNC(=O)CC1CC2OC(CNC(=O)Nc3ccc(OC)cc3)C(O)C2O1. The number of fused-ring (bicyclic) bond motifs is 1. The molecule has 9 nitrogen and oxygen atoms in total. The third-order valence-electron chi connectivity index (χ3n) is 5.08. The van der Waals surface area contributed by atoms with Gasteiger partial charge in [0.1, 0.15) is 24.1 Å². The number of aliphatic hydroxyl groups excluding tert-OH is 1. The highest BCUT2D eigenvalue weighted by atomic mass is 16.6. The third kappa shape index (κ3) is 5.59. The van der Waals surface area contributed by atoms with Gasteiger partial charge in [0, 0.05) is 25.2 Å². The maximum Gasteiger partial charge on any atom is 0.319 e. The van der Waals surface area contributed by atoms with Gasteiger partial charge in [-0.25, -0.2) is 4.79 Å². The second-order valence-corrected chi connectivity index (χ2v) is 7.28. The minimum atomic E-state index is -0.856. The molecule has 9 heteroatoms. The molecule has 0 saturated carbocycles. The van der Waals surface area contributed by atoms with Gasteiger partial charge in [-0.05, 0) is 30.7 Å². The van der Waals surface area contributed by atoms with E-state index in [4.69, 9.17) is 14.2 Å². The number of amides is 3. The van der Waals surface area contributed by atoms with E-state index in [-0.39, 0.29) is 31.1 Å². The van der Waals surface area contributed by atoms with Crippen molar-refractivity contribution in [3.63, 3.8) is 0 Å². The Morgan fingerprint density at radius 2 is 1.97 bits per heavy atom. The zero-order valence-corrected chi connectivity index (χ0v) is 16.7. The van der Waals surface area contributed by atoms with Crippen molar-refractivity contribution in [3.05, 3.63) is 24.3 Å². The molecule has 0 aromatic heterocycles. The molecule has 29 heavy (non-hydrogen) atoms. The average Bonchev–Trinajstić information content (AvgIpc) is 3.23. The Morgan fingerprint density at radius 1 is 1.21 bits per heavy atom. The average molecular weight is 407 g/mol. The van der Waals surface area contributed by atoms with Crippen LogP contribution in [0.5, 0.6) is 5.75 Å². The molecule has 1 aromatic carbocycles. The van der Waals surface area contributed by atoms with Gasteiger partial charge < -0.3 is 35.3 Å². The number of carbonyl (C=O) groups is 2. The van der Waals surface area contributed by atoms with Gasteiger partial charge in [-0.3, -0.25) is 4.79 Å². The van der Waals surface area contributed by atoms with E-state index >= 15 is 0 Å². The van der Waals surface area contributed by atoms with Crippen molar-refractivity contribution in [3.8, 4) is 5.75 Å². The molecule has 0 radical (unpaired) electrons. The second kappa shape index (κ2) is 9.91. The van der Waals surface area contributed by atoms with Gasteiger partial charge in [0.25, 0.3) is 0 Å². The molecule has 5 unspecified atom stereocenters. The van der Waals surface area contributed by atoms with Crippen LogP contribution in [-0.2, 0) is 14.3 Å². The van der Waals surface area contributed by atoms with E-state index in [1.165, 1.54) is 0 Å². The first-order chi connectivity index (χ1) is 14.0. The summed E-state index contributed by atoms with van der Waals surface area (Å²) in [5.74, 6) is 0.644. The summed E-state index contributed by atoms with van der Waals surface area (Å²) in [7, 11) is 1.57. The molecule has 1 aromatic rings. The van der Waals surface area contributed by atoms with Gasteiger partial charge in [-0.15, -0.1) is 0 Å². The van der Waals surface area contributed by atoms with E-state index in [0.717, 1.165) is 6.42 Å². The number of ether oxygens (including phenoxy) is 3. The van der Waals surface area contributed by atoms with Crippen LogP contribution >= 0.6 is 0 Å². The minimum Gasteiger partial charge on any atom is -0.497 e. The summed E-state index contributed by atoms with van der Waals surface area (Å²) in [6, 6.07) is 6.56. The highest BCUT2D eigenvalue weighted by molar-refractivity contribution is 5.89. The van der Waals surface area contributed by atoms with Crippen molar-refractivity contribution >= 4 is 17.6 Å². The van der Waals surface area contributed by atoms with Crippen LogP contribution in [0.25, 0.3) is 0 Å². The first kappa shape index (κ1) is 21.4. The monoisotopic (exact) mass is 407 g/mol. The standard InChI is InChI=1S/C20H29N3O6/c1-3-8-21-17(24)10-14-9-15-19(28-14)18(25)16(29-15)11-22-20(26)23-12-4-6-13(27-2)7-5-12/h4-7,14-16,18-19,25H,3,8-11H2,1-2H3,(H,21,24)(H2,22,23,26). The molecule has 2 aliphatic rings. The van der Waals surface area contributed by atoms with Crippen LogP contribution in [0.15, 0.2) is 24.3 Å². The molecular formula is C20H29N3O6. The fourth-order valence-electron chi connectivity index (χ4n) is 3.60. The van der Waals surface area contributed by atoms with E-state index in [2.05, 4.69) is 16.0 Å². The maximum atomic E-state index is 12.1. The molecule has 2 fully saturated rings. The molecule has 2 saturated heterocycles. The van der Waals surface area contributed by atoms with Crippen LogP contribution < -0.4 is 20.7 Å². The molecule has 2 heterocycles. The Kier molecular flexibility index (Phi) is 7.29. The summed E-state index contributed by atoms with van der Waals surface area (Å²) in [6.07, 6.45) is -0.729. The van der Waals surface area contributed by atoms with E-state index in [1.54, 1.807) is 31.4 Å². The number of methoxy groups -OCH3 is 1. The largest absolute Gasteiger partial charge is 0.497 e. The summed E-state index contributed by atoms with van der Waals surface area (Å²) in [6.45, 7) is 2.79. The molecule has 0 aliphatic carbocycles. The molecule has 160 valence electrons. The highest BCUT2D eigenvalue weighted by Gasteiger charge is 2.50. The summed E-state index contributed by atoms with van der Waals surface area (Å²) >= 11 is 0. The third-order valence-corrected chi connectivity index (χ3v) is 5.08. The van der Waals surface area contributed by atoms with Crippen LogP contribution in [0.1, 0.15) is 26.2 Å². The predicted molar refractivity (Wildman–Crippen MR) is 106 cm³/mol. The number of urea groups is 1. The zero-order valence-electron chi connectivity index (χ0n) is 16.7. The fourth-order valence-corrected chi connectivity index (χ4v) is 3.60. The number of rotatable bonds is 8. The lowest BCUT2D eigenvalue weighted by atomic mass is 10.1. The van der Waals surface area contributed by atoms with Crippen LogP contribution in [0.2, 0.25) is 0 Å². The number of hydrogen-bond donors (Lipinski definition) is 4. The van der Waals surface area contributed by atoms with Crippen LogP contribution in [0.4, 0.5) is 10.5 Å². The minimum absolute atomic E-state index is 0.0558. The van der Waals surface area contributed by atoms with Crippen LogP contribution in [-0.4, -0.2) is 67.8 Å². The molecule has 2 aliphatic heterocycles. The Bertz CT molecular complexity index is 698.